The minimum Gasteiger partial charge on any atom is -0.394 e. The van der Waals surface area contributed by atoms with Crippen LogP contribution in [0.1, 0.15) is 39.5 Å². The van der Waals surface area contributed by atoms with Gasteiger partial charge in [0.15, 0.2) is 0 Å². The fourth-order valence-electron chi connectivity index (χ4n) is 4.82. The van der Waals surface area contributed by atoms with Crippen LogP contribution >= 0.6 is 0 Å². The van der Waals surface area contributed by atoms with Crippen molar-refractivity contribution in [1.29, 1.82) is 0 Å². The number of rotatable bonds is 2. The molecule has 1 amide bonds. The molecule has 5 rings (SSSR count). The molecule has 0 aromatic heterocycles. The zero-order valence-corrected chi connectivity index (χ0v) is 17.5. The zero-order chi connectivity index (χ0) is 22.1. The molecule has 0 aliphatic carbocycles. The smallest absolute Gasteiger partial charge is 0.257 e. The number of likely N-dealkylation sites (tertiary alicyclic amines) is 1. The molecule has 0 radical (unpaired) electrons. The Labute approximate surface area is 186 Å². The standard InChI is InChI=1S/C27H23FN2O2/c28-23-9-5-4-8-20(23)27(32)30-15-14-21-25(17-31)29-24-13-12-19(16-22(24)26(21)30)11-10-18-6-2-1-3-7-18/h1-9,12-13,16,21,25-26,29,31H,14-15,17H2/t21-,25-,26-/m1/s1. The van der Waals surface area contributed by atoms with Crippen LogP contribution in [0.3, 0.4) is 0 Å². The summed E-state index contributed by atoms with van der Waals surface area (Å²) in [5, 5.41) is 13.4. The summed E-state index contributed by atoms with van der Waals surface area (Å²) in [5.41, 5.74) is 3.69. The molecule has 0 spiro atoms. The van der Waals surface area contributed by atoms with Gasteiger partial charge in [-0.2, -0.15) is 0 Å². The molecule has 32 heavy (non-hydrogen) atoms. The Hall–Kier alpha value is -3.62. The average molecular weight is 426 g/mol. The molecule has 160 valence electrons. The summed E-state index contributed by atoms with van der Waals surface area (Å²) in [4.78, 5) is 15.0. The molecule has 2 aliphatic heterocycles. The second-order valence-electron chi connectivity index (χ2n) is 8.23. The Morgan fingerprint density at radius 2 is 1.78 bits per heavy atom. The zero-order valence-electron chi connectivity index (χ0n) is 17.5. The predicted octanol–water partition coefficient (Wildman–Crippen LogP) is 4.22. The first-order chi connectivity index (χ1) is 15.7. The molecule has 0 unspecified atom stereocenters. The number of aliphatic hydroxyl groups excluding tert-OH is 1. The van der Waals surface area contributed by atoms with Crippen molar-refractivity contribution in [2.75, 3.05) is 18.5 Å². The molecule has 2 heterocycles. The second-order valence-corrected chi connectivity index (χ2v) is 8.23. The molecule has 3 aromatic carbocycles. The van der Waals surface area contributed by atoms with Gasteiger partial charge in [0.2, 0.25) is 0 Å². The first-order valence-corrected chi connectivity index (χ1v) is 10.8. The molecular formula is C27H23FN2O2. The lowest BCUT2D eigenvalue weighted by molar-refractivity contribution is 0.0696. The number of hydrogen-bond donors (Lipinski definition) is 2. The van der Waals surface area contributed by atoms with Crippen molar-refractivity contribution in [3.05, 3.63) is 101 Å². The molecule has 2 aliphatic rings. The van der Waals surface area contributed by atoms with Gasteiger partial charge in [0.05, 0.1) is 24.3 Å². The van der Waals surface area contributed by atoms with Crippen molar-refractivity contribution in [3.63, 3.8) is 0 Å². The molecule has 3 atom stereocenters. The SMILES string of the molecule is O=C(c1ccccc1F)N1CC[C@@H]2[C@@H](CO)Nc3ccc(C#Cc4ccccc4)cc3[C@@H]21. The lowest BCUT2D eigenvalue weighted by atomic mass is 9.82. The van der Waals surface area contributed by atoms with Gasteiger partial charge in [-0.3, -0.25) is 4.79 Å². The number of halogens is 1. The maximum absolute atomic E-state index is 14.4. The van der Waals surface area contributed by atoms with Crippen LogP contribution < -0.4 is 5.32 Å². The summed E-state index contributed by atoms with van der Waals surface area (Å²) in [6.45, 7) is 0.484. The van der Waals surface area contributed by atoms with E-state index in [2.05, 4.69) is 17.2 Å². The quantitative estimate of drug-likeness (QED) is 0.604. The van der Waals surface area contributed by atoms with E-state index in [9.17, 15) is 14.3 Å². The van der Waals surface area contributed by atoms with Gasteiger partial charge in [-0.25, -0.2) is 4.39 Å². The van der Waals surface area contributed by atoms with Gasteiger partial charge in [-0.1, -0.05) is 42.2 Å². The van der Waals surface area contributed by atoms with E-state index in [0.29, 0.717) is 6.54 Å². The largest absolute Gasteiger partial charge is 0.394 e. The summed E-state index contributed by atoms with van der Waals surface area (Å²) in [5.74, 6) is 5.59. The number of nitrogens with one attached hydrogen (secondary N) is 1. The van der Waals surface area contributed by atoms with E-state index >= 15 is 0 Å². The number of amides is 1. The number of carbonyl (C=O) groups excluding carboxylic acids is 1. The van der Waals surface area contributed by atoms with Crippen LogP contribution in [0.5, 0.6) is 0 Å². The van der Waals surface area contributed by atoms with Crippen molar-refractivity contribution >= 4 is 11.6 Å². The lowest BCUT2D eigenvalue weighted by Crippen LogP contribution is -2.43. The number of anilines is 1. The Kier molecular flexibility index (Phi) is 5.38. The third kappa shape index (κ3) is 3.63. The predicted molar refractivity (Wildman–Crippen MR) is 122 cm³/mol. The van der Waals surface area contributed by atoms with E-state index in [1.807, 2.05) is 48.5 Å². The van der Waals surface area contributed by atoms with Gasteiger partial charge >= 0.3 is 0 Å². The molecule has 1 fully saturated rings. The summed E-state index contributed by atoms with van der Waals surface area (Å²) in [6.07, 6.45) is 0.739. The van der Waals surface area contributed by atoms with E-state index in [4.69, 9.17) is 0 Å². The third-order valence-corrected chi connectivity index (χ3v) is 6.36. The van der Waals surface area contributed by atoms with E-state index < -0.39 is 5.82 Å². The van der Waals surface area contributed by atoms with Crippen molar-refractivity contribution in [1.82, 2.24) is 4.90 Å². The molecule has 4 nitrogen and oxygen atoms in total. The van der Waals surface area contributed by atoms with Crippen LogP contribution in [0, 0.1) is 23.6 Å². The van der Waals surface area contributed by atoms with E-state index in [1.165, 1.54) is 12.1 Å². The molecular weight excluding hydrogens is 403 g/mol. The summed E-state index contributed by atoms with van der Waals surface area (Å²) < 4.78 is 14.4. The first-order valence-electron chi connectivity index (χ1n) is 10.8. The van der Waals surface area contributed by atoms with Crippen LogP contribution in [-0.4, -0.2) is 35.1 Å². The minimum atomic E-state index is -0.517. The molecule has 0 saturated carbocycles. The van der Waals surface area contributed by atoms with Crippen molar-refractivity contribution < 1.29 is 14.3 Å². The maximum Gasteiger partial charge on any atom is 0.257 e. The van der Waals surface area contributed by atoms with Gasteiger partial charge < -0.3 is 15.3 Å². The average Bonchev–Trinajstić information content (AvgIpc) is 3.28. The highest BCUT2D eigenvalue weighted by molar-refractivity contribution is 5.95. The fraction of sp³-hybridized carbons (Fsp3) is 0.222. The number of fused-ring (bicyclic) bond motifs is 3. The maximum atomic E-state index is 14.4. The first kappa shape index (κ1) is 20.3. The highest BCUT2D eigenvalue weighted by Crippen LogP contribution is 2.47. The summed E-state index contributed by atoms with van der Waals surface area (Å²) >= 11 is 0. The van der Waals surface area contributed by atoms with Gasteiger partial charge in [0.25, 0.3) is 5.91 Å². The van der Waals surface area contributed by atoms with E-state index in [-0.39, 0.29) is 36.1 Å². The number of nitrogens with zero attached hydrogens (tertiary/aromatic N) is 1. The minimum absolute atomic E-state index is 0.0299. The molecule has 3 aromatic rings. The van der Waals surface area contributed by atoms with Gasteiger partial charge in [0, 0.05) is 29.3 Å². The number of carbonyl (C=O) groups is 1. The van der Waals surface area contributed by atoms with Crippen molar-refractivity contribution in [3.8, 4) is 11.8 Å². The third-order valence-electron chi connectivity index (χ3n) is 6.36. The Morgan fingerprint density at radius 1 is 1.03 bits per heavy atom. The Bertz CT molecular complexity index is 1220. The van der Waals surface area contributed by atoms with Gasteiger partial charge in [-0.15, -0.1) is 0 Å². The van der Waals surface area contributed by atoms with E-state index in [1.54, 1.807) is 17.0 Å². The van der Waals surface area contributed by atoms with Gasteiger partial charge in [0.1, 0.15) is 5.82 Å². The van der Waals surface area contributed by atoms with Crippen LogP contribution in [0.2, 0.25) is 0 Å². The van der Waals surface area contributed by atoms with Crippen LogP contribution in [0.25, 0.3) is 0 Å². The fourth-order valence-corrected chi connectivity index (χ4v) is 4.82. The normalized spacial score (nSPS) is 21.1. The van der Waals surface area contributed by atoms with E-state index in [0.717, 1.165) is 28.8 Å². The van der Waals surface area contributed by atoms with Crippen LogP contribution in [-0.2, 0) is 0 Å². The van der Waals surface area contributed by atoms with Crippen LogP contribution in [0.4, 0.5) is 10.1 Å². The van der Waals surface area contributed by atoms with Crippen molar-refractivity contribution in [2.24, 2.45) is 5.92 Å². The Balaban J connectivity index is 1.53. The molecule has 2 N–H and O–H groups in total. The summed E-state index contributed by atoms with van der Waals surface area (Å²) in [7, 11) is 0. The molecule has 1 saturated heterocycles. The number of benzene rings is 3. The highest BCUT2D eigenvalue weighted by atomic mass is 19.1. The van der Waals surface area contributed by atoms with Gasteiger partial charge in [-0.05, 0) is 54.4 Å². The second kappa shape index (κ2) is 8.49. The Morgan fingerprint density at radius 3 is 2.56 bits per heavy atom. The summed E-state index contributed by atoms with van der Waals surface area (Å²) in [6, 6.07) is 21.4. The molecule has 5 heteroatoms. The van der Waals surface area contributed by atoms with Crippen molar-refractivity contribution in [2.45, 2.75) is 18.5 Å². The number of hydrogen-bond acceptors (Lipinski definition) is 3. The topological polar surface area (TPSA) is 52.6 Å². The molecule has 0 bridgehead atoms. The highest BCUT2D eigenvalue weighted by Gasteiger charge is 2.46. The number of aliphatic hydroxyl groups is 1. The lowest BCUT2D eigenvalue weighted by Gasteiger charge is -2.39. The monoisotopic (exact) mass is 426 g/mol. The van der Waals surface area contributed by atoms with Crippen LogP contribution in [0.15, 0.2) is 72.8 Å².